The first-order valence-electron chi connectivity index (χ1n) is 44.9. The topological polar surface area (TPSA) is 173 Å². The molecule has 0 aliphatic carbocycles. The van der Waals surface area contributed by atoms with Crippen molar-refractivity contribution in [1.82, 2.24) is 4.98 Å². The van der Waals surface area contributed by atoms with Crippen molar-refractivity contribution >= 4 is 202 Å². The predicted molar refractivity (Wildman–Crippen MR) is 609 cm³/mol. The van der Waals surface area contributed by atoms with E-state index in [9.17, 15) is 30.6 Å². The number of fused-ring (bicyclic) bond motifs is 3. The van der Waals surface area contributed by atoms with E-state index in [1.807, 2.05) is 307 Å². The molecule has 0 saturated heterocycles. The van der Waals surface area contributed by atoms with Crippen LogP contribution in [0.2, 0.25) is 0 Å². The van der Waals surface area contributed by atoms with Crippen LogP contribution in [0.3, 0.4) is 0 Å². The minimum Gasteiger partial charge on any atom is -0.458 e. The van der Waals surface area contributed by atoms with E-state index in [1.165, 1.54) is 35.2 Å². The van der Waals surface area contributed by atoms with Crippen LogP contribution in [0.15, 0.2) is 451 Å². The zero-order valence-corrected chi connectivity index (χ0v) is 88.0. The van der Waals surface area contributed by atoms with Crippen molar-refractivity contribution in [2.45, 2.75) is 47.5 Å². The van der Waals surface area contributed by atoms with Crippen molar-refractivity contribution in [3.8, 4) is 58.5 Å². The molecule has 0 bridgehead atoms. The van der Waals surface area contributed by atoms with Crippen LogP contribution in [-0.2, 0) is 33.6 Å². The summed E-state index contributed by atoms with van der Waals surface area (Å²) in [4.78, 5) is 19.2. The van der Waals surface area contributed by atoms with Crippen molar-refractivity contribution in [1.29, 1.82) is 0 Å². The van der Waals surface area contributed by atoms with Crippen LogP contribution in [0.4, 0.5) is 5.69 Å². The highest BCUT2D eigenvalue weighted by molar-refractivity contribution is 9.09. The Morgan fingerprint density at radius 2 is 0.610 bits per heavy atom. The summed E-state index contributed by atoms with van der Waals surface area (Å²) in [6.45, 7) is 3.67. The summed E-state index contributed by atoms with van der Waals surface area (Å²) in [6, 6.07) is 122. The van der Waals surface area contributed by atoms with Crippen molar-refractivity contribution in [2.75, 3.05) is 11.1 Å². The molecular formula is C118H91BrN2O7S13. The van der Waals surface area contributed by atoms with Crippen molar-refractivity contribution in [2.24, 2.45) is 0 Å². The number of alkyl halides is 1. The van der Waals surface area contributed by atoms with Gasteiger partial charge >= 0.3 is 0 Å². The highest BCUT2D eigenvalue weighted by Crippen LogP contribution is 2.53. The Hall–Kier alpha value is -11.7. The number of anilines is 1. The number of para-hydroxylation sites is 2. The summed E-state index contributed by atoms with van der Waals surface area (Å²) < 4.78 is 5.89. The van der Waals surface area contributed by atoms with Crippen LogP contribution in [-0.4, -0.2) is 41.0 Å². The molecule has 141 heavy (non-hydrogen) atoms. The number of pyridine rings is 1. The average Bonchev–Trinajstić information content (AvgIpc) is 1.51. The molecule has 8 N–H and O–H groups in total. The van der Waals surface area contributed by atoms with Gasteiger partial charge in [-0.25, -0.2) is 0 Å². The number of thiophene rings is 13. The van der Waals surface area contributed by atoms with E-state index in [0.717, 1.165) is 122 Å². The molecule has 0 saturated carbocycles. The Bertz CT molecular complexity index is 7990. The lowest BCUT2D eigenvalue weighted by Crippen LogP contribution is -2.30. The monoisotopic (exact) mass is 2140 g/mol. The summed E-state index contributed by atoms with van der Waals surface area (Å²) in [5, 5.41) is 102. The number of benzene rings is 9. The number of hydrogen-bond acceptors (Lipinski definition) is 22. The molecule has 0 aliphatic rings. The molecule has 0 fully saturated rings. The molecule has 0 radical (unpaired) electrons. The first-order chi connectivity index (χ1) is 68.8. The van der Waals surface area contributed by atoms with Gasteiger partial charge in [0.05, 0.1) is 35.0 Å². The molecule has 15 aromatic heterocycles. The Kier molecular flexibility index (Phi) is 30.7. The fourth-order valence-corrected chi connectivity index (χ4v) is 30.0. The number of aromatic nitrogens is 1. The fraction of sp³-hybridized carbons (Fsp3) is 0.0763. The molecule has 24 rings (SSSR count). The third kappa shape index (κ3) is 20.5. The Morgan fingerprint density at radius 1 is 0.262 bits per heavy atom. The number of aliphatic hydroxyl groups is 6. The van der Waals surface area contributed by atoms with Gasteiger partial charge in [0.25, 0.3) is 0 Å². The Balaban J connectivity index is 0.000000108. The number of nitrogen functional groups attached to an aromatic ring is 1. The summed E-state index contributed by atoms with van der Waals surface area (Å²) >= 11 is 25.3. The molecule has 700 valence electrons. The number of halogens is 1. The summed E-state index contributed by atoms with van der Waals surface area (Å²) in [6.07, 6.45) is 1.72. The van der Waals surface area contributed by atoms with Gasteiger partial charge in [-0.3, -0.25) is 4.98 Å². The zero-order chi connectivity index (χ0) is 97.0. The normalized spacial score (nSPS) is 13.8. The minimum atomic E-state index is -1.30. The summed E-state index contributed by atoms with van der Waals surface area (Å²) in [5.41, 5.74) is 11.9. The number of rotatable bonds is 22. The number of nitrogens with two attached hydrogens (primary N) is 1. The van der Waals surface area contributed by atoms with Gasteiger partial charge in [-0.15, -0.1) is 147 Å². The Morgan fingerprint density at radius 3 is 1.04 bits per heavy atom. The first kappa shape index (κ1) is 98.1. The highest BCUT2D eigenvalue weighted by Gasteiger charge is 2.43. The molecule has 15 heterocycles. The highest BCUT2D eigenvalue weighted by atomic mass is 79.9. The molecule has 0 amide bonds. The van der Waals surface area contributed by atoms with Gasteiger partial charge in [0.2, 0.25) is 0 Å². The van der Waals surface area contributed by atoms with Gasteiger partial charge in [0.15, 0.2) is 5.60 Å². The van der Waals surface area contributed by atoms with Crippen LogP contribution in [0.25, 0.3) is 91.0 Å². The molecule has 9 nitrogen and oxygen atoms in total. The number of nitrogens with zero attached hydrogens (tertiary/aromatic N) is 1. The SMILES string of the molecule is CC(O)(c1cc2ccccc2o1)c1ccsc1-c1cccs1.CC(O)(c1cccs1)c1ccsc1-c1cccs1.Nc1ccccc1C(O)(c1ccccc1)c1ccsc1-c1cccs1.OC(CBr)(c1ccc2ccccc2c1)c1ccsc1-c1cccs1.OC(c1ccccc1)(c1ccc2ccccc2c1)c1ccsc1-c1cccs1.OC(c1ccccc1)(c1ccccn1)c1ccsc1-c1cccs1. The minimum absolute atomic E-state index is 0.452. The molecule has 6 atom stereocenters. The van der Waals surface area contributed by atoms with Crippen LogP contribution < -0.4 is 5.73 Å². The lowest BCUT2D eigenvalue weighted by atomic mass is 9.79. The van der Waals surface area contributed by atoms with Gasteiger partial charge in [-0.1, -0.05) is 265 Å². The van der Waals surface area contributed by atoms with Crippen molar-refractivity contribution < 1.29 is 35.1 Å². The molecule has 23 heteroatoms. The van der Waals surface area contributed by atoms with E-state index in [1.54, 1.807) is 160 Å². The predicted octanol–water partition coefficient (Wildman–Crippen LogP) is 33.9. The van der Waals surface area contributed by atoms with Gasteiger partial charge in [-0.2, -0.15) is 0 Å². The number of hydrogen-bond donors (Lipinski definition) is 7. The second-order valence-electron chi connectivity index (χ2n) is 33.3. The van der Waals surface area contributed by atoms with E-state index in [-0.39, 0.29) is 0 Å². The first-order valence-corrected chi connectivity index (χ1v) is 57.5. The third-order valence-electron chi connectivity index (χ3n) is 24.6. The lowest BCUT2D eigenvalue weighted by Gasteiger charge is -2.31. The zero-order valence-electron chi connectivity index (χ0n) is 75.8. The second-order valence-corrected chi connectivity index (χ2v) is 46.0. The van der Waals surface area contributed by atoms with Crippen LogP contribution in [0.5, 0.6) is 0 Å². The van der Waals surface area contributed by atoms with Crippen molar-refractivity contribution in [3.63, 3.8) is 0 Å². The summed E-state index contributed by atoms with van der Waals surface area (Å²) in [7, 11) is 0. The maximum Gasteiger partial charge on any atom is 0.158 e. The van der Waals surface area contributed by atoms with E-state index < -0.39 is 33.6 Å². The van der Waals surface area contributed by atoms with E-state index in [2.05, 4.69) is 161 Å². The molecule has 6 unspecified atom stereocenters. The maximum absolute atomic E-state index is 12.3. The van der Waals surface area contributed by atoms with Crippen LogP contribution in [0, 0.1) is 0 Å². The molecular weight excluding hydrogens is 2050 g/mol. The van der Waals surface area contributed by atoms with E-state index in [4.69, 9.17) is 10.2 Å². The van der Waals surface area contributed by atoms with E-state index in [0.29, 0.717) is 28.0 Å². The van der Waals surface area contributed by atoms with Gasteiger partial charge in [0.1, 0.15) is 39.3 Å². The van der Waals surface area contributed by atoms with E-state index >= 15 is 0 Å². The average molecular weight is 2150 g/mol. The fourth-order valence-electron chi connectivity index (χ4n) is 17.4. The second kappa shape index (κ2) is 44.1. The standard InChI is InChI=1S/C25H18OS2.C21H17NOS2.C20H15BrOS2.C20H15NOS2.C18H14O2S2.C14H12OS3/c26-25(20-9-2-1-3-10-20,21-13-12-18-7-4-5-8-19(18)17-21)22-14-16-28-24(22)23-11-6-15-27-23;22-18-10-5-4-9-16(18)21(23,15-7-2-1-3-8-15)17-12-14-25-20(17)19-11-6-13-24-19;21-13-20(22,16-8-7-14-4-1-2-5-15(14)12-16)17-9-11-24-19(17)18-6-3-10-23-18;22-20(15-7-2-1-3-8-15,18-10-4-5-12-21-18)16-11-14-24-19(16)17-9-6-13-23-17;1-18(19,16-11-12-5-2-3-6-14(12)20-16)13-8-10-22-17(13)15-7-4-9-21-15;1-14(15,12-5-3-8-17-12)10-6-9-18-13(10)11-4-2-7-16-11/h1-17,26H;1-14,23H,22H2;1-12,22H,13H2;1-14,22H;2-11,19H,1H3;2-9,15H,1H3. The van der Waals surface area contributed by atoms with Crippen molar-refractivity contribution in [3.05, 3.63) is 529 Å². The van der Waals surface area contributed by atoms with Crippen LogP contribution >= 0.6 is 163 Å². The Labute approximate surface area is 878 Å². The molecule has 0 spiro atoms. The quantitative estimate of drug-likeness (QED) is 0.0257. The molecule has 0 aliphatic heterocycles. The maximum atomic E-state index is 12.3. The largest absolute Gasteiger partial charge is 0.458 e. The smallest absolute Gasteiger partial charge is 0.158 e. The molecule has 24 aromatic rings. The molecule has 9 aromatic carbocycles. The lowest BCUT2D eigenvalue weighted by molar-refractivity contribution is 0.0796. The number of furan rings is 1. The van der Waals surface area contributed by atoms with Crippen LogP contribution in [0.1, 0.15) is 96.9 Å². The van der Waals surface area contributed by atoms with Gasteiger partial charge in [-0.05, 0) is 254 Å². The third-order valence-corrected chi connectivity index (χ3v) is 38.3. The summed E-state index contributed by atoms with van der Waals surface area (Å²) in [5.74, 6) is 0.574. The van der Waals surface area contributed by atoms with Gasteiger partial charge in [0, 0.05) is 95.7 Å². The van der Waals surface area contributed by atoms with Gasteiger partial charge < -0.3 is 40.8 Å².